The van der Waals surface area contributed by atoms with Gasteiger partial charge in [0.2, 0.25) is 0 Å². The Morgan fingerprint density at radius 3 is 1.81 bits per heavy atom. The fraction of sp³-hybridized carbons (Fsp3) is 0.458. The van der Waals surface area contributed by atoms with Crippen molar-refractivity contribution in [3.8, 4) is 0 Å². The maximum Gasteiger partial charge on any atom is 0.335 e. The molecule has 0 unspecified atom stereocenters. The Morgan fingerprint density at radius 2 is 1.35 bits per heavy atom. The van der Waals surface area contributed by atoms with E-state index < -0.39 is 5.97 Å². The second kappa shape index (κ2) is 9.02. The molecular formula is C24H30O2. The summed E-state index contributed by atoms with van der Waals surface area (Å²) < 4.78 is 0. The zero-order valence-corrected chi connectivity index (χ0v) is 15.8. The van der Waals surface area contributed by atoms with Gasteiger partial charge in [-0.05, 0) is 79.2 Å². The van der Waals surface area contributed by atoms with Gasteiger partial charge in [-0.25, -0.2) is 4.79 Å². The van der Waals surface area contributed by atoms with Crippen molar-refractivity contribution in [1.82, 2.24) is 0 Å². The van der Waals surface area contributed by atoms with Crippen molar-refractivity contribution in [2.24, 2.45) is 0 Å². The Kier molecular flexibility index (Phi) is 6.49. The van der Waals surface area contributed by atoms with Crippen LogP contribution in [0.5, 0.6) is 0 Å². The van der Waals surface area contributed by atoms with Crippen LogP contribution in [-0.4, -0.2) is 11.1 Å². The van der Waals surface area contributed by atoms with E-state index in [0.29, 0.717) is 17.4 Å². The van der Waals surface area contributed by atoms with Crippen molar-refractivity contribution < 1.29 is 9.90 Å². The highest BCUT2D eigenvalue weighted by Crippen LogP contribution is 2.40. The number of carboxylic acid groups (broad SMARTS) is 1. The first-order valence-corrected chi connectivity index (χ1v) is 10.1. The van der Waals surface area contributed by atoms with E-state index in [1.165, 1.54) is 68.1 Å². The minimum absolute atomic E-state index is 0.376. The second-order valence-electron chi connectivity index (χ2n) is 7.67. The molecule has 0 spiro atoms. The molecule has 0 bridgehead atoms. The Labute approximate surface area is 157 Å². The topological polar surface area (TPSA) is 37.3 Å². The number of carboxylic acids is 1. The van der Waals surface area contributed by atoms with Gasteiger partial charge in [-0.2, -0.15) is 0 Å². The number of carbonyl (C=O) groups is 1. The summed E-state index contributed by atoms with van der Waals surface area (Å²) in [5.41, 5.74) is 4.62. The quantitative estimate of drug-likeness (QED) is 0.574. The summed E-state index contributed by atoms with van der Waals surface area (Å²) in [6, 6.07) is 16.8. The van der Waals surface area contributed by atoms with Crippen molar-refractivity contribution in [2.45, 2.75) is 70.1 Å². The van der Waals surface area contributed by atoms with Crippen molar-refractivity contribution in [2.75, 3.05) is 0 Å². The SMILES string of the molecule is CCCCCc1ccc(C2CCC(c3ccc(C(=O)O)cc3)CC2)cc1. The van der Waals surface area contributed by atoms with Gasteiger partial charge in [-0.3, -0.25) is 0 Å². The lowest BCUT2D eigenvalue weighted by Gasteiger charge is -2.29. The highest BCUT2D eigenvalue weighted by atomic mass is 16.4. The molecule has 0 atom stereocenters. The zero-order valence-electron chi connectivity index (χ0n) is 15.8. The van der Waals surface area contributed by atoms with Gasteiger partial charge in [-0.1, -0.05) is 56.2 Å². The fourth-order valence-electron chi connectivity index (χ4n) is 4.19. The van der Waals surface area contributed by atoms with E-state index >= 15 is 0 Å². The molecule has 2 nitrogen and oxygen atoms in total. The van der Waals surface area contributed by atoms with Crippen molar-refractivity contribution >= 4 is 5.97 Å². The number of aromatic carboxylic acids is 1. The summed E-state index contributed by atoms with van der Waals surface area (Å²) in [6.07, 6.45) is 9.92. The van der Waals surface area contributed by atoms with Crippen molar-refractivity contribution in [3.05, 3.63) is 70.8 Å². The molecule has 138 valence electrons. The monoisotopic (exact) mass is 350 g/mol. The van der Waals surface area contributed by atoms with Gasteiger partial charge in [-0.15, -0.1) is 0 Å². The van der Waals surface area contributed by atoms with Crippen LogP contribution in [0.2, 0.25) is 0 Å². The van der Waals surface area contributed by atoms with E-state index in [1.54, 1.807) is 12.1 Å². The molecule has 26 heavy (non-hydrogen) atoms. The van der Waals surface area contributed by atoms with E-state index in [1.807, 2.05) is 12.1 Å². The van der Waals surface area contributed by atoms with Gasteiger partial charge in [0, 0.05) is 0 Å². The molecule has 1 aliphatic rings. The van der Waals surface area contributed by atoms with Gasteiger partial charge in [0.15, 0.2) is 0 Å². The summed E-state index contributed by atoms with van der Waals surface area (Å²) in [5.74, 6) is 0.398. The standard InChI is InChI=1S/C24H30O2/c1-2-3-4-5-18-6-8-19(9-7-18)20-10-12-21(13-11-20)22-14-16-23(17-15-22)24(25)26/h6-9,14-17,20-21H,2-5,10-13H2,1H3,(H,25,26). The van der Waals surface area contributed by atoms with Crippen LogP contribution in [0.15, 0.2) is 48.5 Å². The Balaban J connectivity index is 1.53. The third-order valence-corrected chi connectivity index (χ3v) is 5.88. The summed E-state index contributed by atoms with van der Waals surface area (Å²) >= 11 is 0. The molecule has 0 aromatic heterocycles. The molecule has 0 amide bonds. The predicted octanol–water partition coefficient (Wildman–Crippen LogP) is 6.56. The lowest BCUT2D eigenvalue weighted by atomic mass is 9.76. The van der Waals surface area contributed by atoms with Gasteiger partial charge >= 0.3 is 5.97 Å². The van der Waals surface area contributed by atoms with Crippen LogP contribution in [0.1, 0.15) is 90.8 Å². The normalized spacial score (nSPS) is 20.0. The molecule has 1 N–H and O–H groups in total. The molecule has 0 aliphatic heterocycles. The third-order valence-electron chi connectivity index (χ3n) is 5.88. The highest BCUT2D eigenvalue weighted by Gasteiger charge is 2.23. The minimum atomic E-state index is -0.849. The zero-order chi connectivity index (χ0) is 18.4. The van der Waals surface area contributed by atoms with Crippen LogP contribution in [0.4, 0.5) is 0 Å². The molecule has 0 saturated heterocycles. The molecule has 0 radical (unpaired) electrons. The smallest absolute Gasteiger partial charge is 0.335 e. The number of hydrogen-bond acceptors (Lipinski definition) is 1. The molecular weight excluding hydrogens is 320 g/mol. The number of aryl methyl sites for hydroxylation is 1. The Hall–Kier alpha value is -2.09. The average Bonchev–Trinajstić information content (AvgIpc) is 2.69. The molecule has 2 aromatic rings. The number of unbranched alkanes of at least 4 members (excludes halogenated alkanes) is 2. The molecule has 3 rings (SSSR count). The molecule has 1 saturated carbocycles. The van der Waals surface area contributed by atoms with Crippen LogP contribution in [-0.2, 0) is 6.42 Å². The average molecular weight is 351 g/mol. The summed E-state index contributed by atoms with van der Waals surface area (Å²) in [6.45, 7) is 2.25. The van der Waals surface area contributed by atoms with E-state index in [9.17, 15) is 4.79 Å². The van der Waals surface area contributed by atoms with E-state index in [2.05, 4.69) is 31.2 Å². The van der Waals surface area contributed by atoms with Crippen molar-refractivity contribution in [1.29, 1.82) is 0 Å². The van der Waals surface area contributed by atoms with Crippen LogP contribution in [0.25, 0.3) is 0 Å². The summed E-state index contributed by atoms with van der Waals surface area (Å²) in [7, 11) is 0. The Bertz CT molecular complexity index is 692. The van der Waals surface area contributed by atoms with E-state index in [4.69, 9.17) is 5.11 Å². The number of benzene rings is 2. The highest BCUT2D eigenvalue weighted by molar-refractivity contribution is 5.87. The van der Waals surface area contributed by atoms with Crippen LogP contribution in [0, 0.1) is 0 Å². The van der Waals surface area contributed by atoms with Gasteiger partial charge < -0.3 is 5.11 Å². The maximum atomic E-state index is 11.0. The molecule has 1 aliphatic carbocycles. The first-order chi connectivity index (χ1) is 12.7. The summed E-state index contributed by atoms with van der Waals surface area (Å²) in [4.78, 5) is 11.0. The van der Waals surface area contributed by atoms with Crippen molar-refractivity contribution in [3.63, 3.8) is 0 Å². The van der Waals surface area contributed by atoms with Crippen LogP contribution < -0.4 is 0 Å². The molecule has 0 heterocycles. The fourth-order valence-corrected chi connectivity index (χ4v) is 4.19. The third kappa shape index (κ3) is 4.75. The largest absolute Gasteiger partial charge is 0.478 e. The van der Waals surface area contributed by atoms with Gasteiger partial charge in [0.1, 0.15) is 0 Å². The number of hydrogen-bond donors (Lipinski definition) is 1. The lowest BCUT2D eigenvalue weighted by molar-refractivity contribution is 0.0697. The maximum absolute atomic E-state index is 11.0. The number of rotatable bonds is 7. The first-order valence-electron chi connectivity index (χ1n) is 10.1. The first kappa shape index (κ1) is 18.7. The van der Waals surface area contributed by atoms with Crippen LogP contribution in [0.3, 0.4) is 0 Å². The summed E-state index contributed by atoms with van der Waals surface area (Å²) in [5, 5.41) is 9.03. The minimum Gasteiger partial charge on any atom is -0.478 e. The van der Waals surface area contributed by atoms with Crippen LogP contribution >= 0.6 is 0 Å². The Morgan fingerprint density at radius 1 is 0.846 bits per heavy atom. The molecule has 1 fully saturated rings. The second-order valence-corrected chi connectivity index (χ2v) is 7.67. The predicted molar refractivity (Wildman–Crippen MR) is 107 cm³/mol. The lowest BCUT2D eigenvalue weighted by Crippen LogP contribution is -2.12. The molecule has 2 heteroatoms. The van der Waals surface area contributed by atoms with E-state index in [-0.39, 0.29) is 0 Å². The van der Waals surface area contributed by atoms with Gasteiger partial charge in [0.05, 0.1) is 5.56 Å². The van der Waals surface area contributed by atoms with E-state index in [0.717, 1.165) is 0 Å². The van der Waals surface area contributed by atoms with Gasteiger partial charge in [0.25, 0.3) is 0 Å². The molecule has 2 aromatic carbocycles.